The summed E-state index contributed by atoms with van der Waals surface area (Å²) in [6.07, 6.45) is 1.47. The predicted molar refractivity (Wildman–Crippen MR) is 73.1 cm³/mol. The molecule has 21 heavy (non-hydrogen) atoms. The fourth-order valence-electron chi connectivity index (χ4n) is 1.93. The van der Waals surface area contributed by atoms with E-state index in [9.17, 15) is 0 Å². The van der Waals surface area contributed by atoms with Crippen LogP contribution in [-0.2, 0) is 6.42 Å². The third kappa shape index (κ3) is 2.57. The molecule has 4 N–H and O–H groups in total. The van der Waals surface area contributed by atoms with Crippen molar-refractivity contribution in [1.29, 1.82) is 5.26 Å². The monoisotopic (exact) mass is 284 g/mol. The van der Waals surface area contributed by atoms with Gasteiger partial charge in [0.2, 0.25) is 0 Å². The van der Waals surface area contributed by atoms with Crippen LogP contribution in [0.2, 0.25) is 0 Å². The zero-order valence-electron chi connectivity index (χ0n) is 11.0. The quantitative estimate of drug-likeness (QED) is 0.543. The van der Waals surface area contributed by atoms with Gasteiger partial charge in [-0.25, -0.2) is 0 Å². The minimum absolute atomic E-state index is 0.242. The lowest BCUT2D eigenvalue weighted by atomic mass is 10.1. The number of nitrogen functional groups attached to an aromatic ring is 1. The van der Waals surface area contributed by atoms with Gasteiger partial charge in [0.25, 0.3) is 0 Å². The highest BCUT2D eigenvalue weighted by Gasteiger charge is 2.09. The molecule has 106 valence electrons. The van der Waals surface area contributed by atoms with E-state index in [-0.39, 0.29) is 5.82 Å². The molecule has 3 rings (SSSR count). The van der Waals surface area contributed by atoms with E-state index in [0.717, 1.165) is 12.1 Å². The molecule has 3 aromatic rings. The molecule has 10 nitrogen and oxygen atoms in total. The molecule has 0 aliphatic rings. The van der Waals surface area contributed by atoms with Gasteiger partial charge in [0, 0.05) is 6.54 Å². The highest BCUT2D eigenvalue weighted by molar-refractivity contribution is 5.50. The number of tetrazole rings is 1. The molecule has 0 aliphatic heterocycles. The number of nitrogens with one attached hydrogen (secondary N) is 2. The van der Waals surface area contributed by atoms with Crippen molar-refractivity contribution in [1.82, 2.24) is 35.5 Å². The molecule has 0 bridgehead atoms. The second kappa shape index (κ2) is 5.41. The maximum atomic E-state index is 8.97. The van der Waals surface area contributed by atoms with E-state index < -0.39 is 0 Å². The van der Waals surface area contributed by atoms with Crippen LogP contribution >= 0.6 is 0 Å². The number of nitrogens with two attached hydrogens (primary N) is 1. The second-order valence-corrected chi connectivity index (χ2v) is 4.35. The summed E-state index contributed by atoms with van der Waals surface area (Å²) in [5.41, 5.74) is 7.34. The van der Waals surface area contributed by atoms with Crippen LogP contribution in [0.5, 0.6) is 0 Å². The topological polar surface area (TPSA) is 146 Å². The second-order valence-electron chi connectivity index (χ2n) is 4.35. The molecular weight excluding hydrogens is 272 g/mol. The molecule has 3 aromatic heterocycles. The lowest BCUT2D eigenvalue weighted by molar-refractivity contribution is 0.731. The van der Waals surface area contributed by atoms with Gasteiger partial charge < -0.3 is 11.1 Å². The molecule has 0 unspecified atom stereocenters. The Bertz CT molecular complexity index is 795. The number of aryl methyl sites for hydroxylation is 1. The Morgan fingerprint density at radius 1 is 1.43 bits per heavy atom. The van der Waals surface area contributed by atoms with E-state index in [1.807, 2.05) is 6.07 Å². The van der Waals surface area contributed by atoms with E-state index in [4.69, 9.17) is 11.0 Å². The van der Waals surface area contributed by atoms with Gasteiger partial charge in [-0.15, -0.1) is 14.8 Å². The summed E-state index contributed by atoms with van der Waals surface area (Å²) in [7, 11) is 0. The van der Waals surface area contributed by atoms with Gasteiger partial charge in [-0.3, -0.25) is 5.10 Å². The van der Waals surface area contributed by atoms with Crippen LogP contribution in [0.3, 0.4) is 0 Å². The lowest BCUT2D eigenvalue weighted by Gasteiger charge is -2.04. The third-order valence-corrected chi connectivity index (χ3v) is 2.96. The first-order valence-electron chi connectivity index (χ1n) is 6.30. The number of H-pyrrole nitrogens is 1. The van der Waals surface area contributed by atoms with E-state index in [1.54, 1.807) is 12.1 Å². The van der Waals surface area contributed by atoms with Gasteiger partial charge in [-0.1, -0.05) is 0 Å². The van der Waals surface area contributed by atoms with Gasteiger partial charge in [-0.2, -0.15) is 10.4 Å². The van der Waals surface area contributed by atoms with Crippen LogP contribution in [0.15, 0.2) is 12.1 Å². The Balaban J connectivity index is 1.55. The zero-order chi connectivity index (χ0) is 14.7. The molecule has 0 radical (unpaired) electrons. The zero-order valence-corrected chi connectivity index (χ0v) is 11.0. The number of fused-ring (bicyclic) bond motifs is 1. The first-order valence-corrected chi connectivity index (χ1v) is 6.30. The third-order valence-electron chi connectivity index (χ3n) is 2.96. The number of rotatable bonds is 5. The highest BCUT2D eigenvalue weighted by atomic mass is 15.6. The summed E-state index contributed by atoms with van der Waals surface area (Å²) in [6.45, 7) is 0.685. The van der Waals surface area contributed by atoms with Crippen molar-refractivity contribution in [2.24, 2.45) is 0 Å². The van der Waals surface area contributed by atoms with Crippen molar-refractivity contribution in [3.8, 4) is 6.07 Å². The number of anilines is 2. The largest absolute Gasteiger partial charge is 0.381 e. The molecule has 0 atom stereocenters. The minimum Gasteiger partial charge on any atom is -0.381 e. The van der Waals surface area contributed by atoms with Crippen LogP contribution in [0.1, 0.15) is 17.7 Å². The van der Waals surface area contributed by atoms with Crippen molar-refractivity contribution < 1.29 is 0 Å². The fraction of sp³-hybridized carbons (Fsp3) is 0.273. The van der Waals surface area contributed by atoms with E-state index in [2.05, 4.69) is 36.1 Å². The Kier molecular flexibility index (Phi) is 3.30. The molecule has 0 spiro atoms. The van der Waals surface area contributed by atoms with Crippen LogP contribution in [-0.4, -0.2) is 42.0 Å². The smallest absolute Gasteiger partial charge is 0.200 e. The number of aromatic nitrogens is 7. The predicted octanol–water partition coefficient (Wildman–Crippen LogP) is -0.259. The van der Waals surface area contributed by atoms with Crippen LogP contribution in [0.25, 0.3) is 5.65 Å². The van der Waals surface area contributed by atoms with Crippen molar-refractivity contribution in [2.45, 2.75) is 12.8 Å². The van der Waals surface area contributed by atoms with Crippen LogP contribution in [0.4, 0.5) is 11.6 Å². The molecule has 0 aromatic carbocycles. The van der Waals surface area contributed by atoms with E-state index in [1.165, 1.54) is 4.63 Å². The first-order chi connectivity index (χ1) is 10.3. The van der Waals surface area contributed by atoms with E-state index in [0.29, 0.717) is 30.0 Å². The van der Waals surface area contributed by atoms with Gasteiger partial charge in [-0.05, 0) is 35.4 Å². The summed E-state index contributed by atoms with van der Waals surface area (Å²) < 4.78 is 1.35. The van der Waals surface area contributed by atoms with Gasteiger partial charge in [0.05, 0.1) is 5.69 Å². The summed E-state index contributed by atoms with van der Waals surface area (Å²) >= 11 is 0. The average molecular weight is 284 g/mol. The van der Waals surface area contributed by atoms with Crippen LogP contribution < -0.4 is 11.1 Å². The van der Waals surface area contributed by atoms with Gasteiger partial charge in [0.1, 0.15) is 17.5 Å². The molecule has 0 amide bonds. The SMILES string of the molecule is N#Cc1c(N)n[nH]c1CCCNc1ccc2nnnn2n1. The minimum atomic E-state index is 0.242. The number of hydrogen-bond donors (Lipinski definition) is 3. The first kappa shape index (κ1) is 12.8. The number of hydrogen-bond acceptors (Lipinski definition) is 8. The average Bonchev–Trinajstić information content (AvgIpc) is 3.09. The highest BCUT2D eigenvalue weighted by Crippen LogP contribution is 2.13. The number of nitriles is 1. The van der Waals surface area contributed by atoms with Crippen LogP contribution in [0, 0.1) is 11.3 Å². The summed E-state index contributed by atoms with van der Waals surface area (Å²) in [6, 6.07) is 5.63. The Labute approximate surface area is 118 Å². The molecule has 0 saturated carbocycles. The Morgan fingerprint density at radius 3 is 3.19 bits per heavy atom. The standard InChI is InChI=1S/C11H12N10/c12-6-7-8(15-17-11(7)13)2-1-5-14-9-3-4-10-16-19-20-21(10)18-9/h3-4H,1-2,5H2,(H,14,18)(H3,13,15,17). The van der Waals surface area contributed by atoms with Crippen molar-refractivity contribution in [2.75, 3.05) is 17.6 Å². The summed E-state index contributed by atoms with van der Waals surface area (Å²) in [5, 5.41) is 33.9. The number of aromatic amines is 1. The molecule has 0 aliphatic carbocycles. The van der Waals surface area contributed by atoms with Crippen molar-refractivity contribution >= 4 is 17.3 Å². The summed E-state index contributed by atoms with van der Waals surface area (Å²) in [5.74, 6) is 0.922. The van der Waals surface area contributed by atoms with Crippen molar-refractivity contribution in [3.63, 3.8) is 0 Å². The number of nitrogens with zero attached hydrogens (tertiary/aromatic N) is 7. The molecule has 0 saturated heterocycles. The maximum absolute atomic E-state index is 8.97. The fourth-order valence-corrected chi connectivity index (χ4v) is 1.93. The maximum Gasteiger partial charge on any atom is 0.200 e. The lowest BCUT2D eigenvalue weighted by Crippen LogP contribution is -2.07. The Hall–Kier alpha value is -3.22. The molecule has 10 heteroatoms. The van der Waals surface area contributed by atoms with Crippen molar-refractivity contribution in [3.05, 3.63) is 23.4 Å². The molecular formula is C11H12N10. The van der Waals surface area contributed by atoms with Gasteiger partial charge in [0.15, 0.2) is 11.5 Å². The molecule has 3 heterocycles. The molecule has 0 fully saturated rings. The normalized spacial score (nSPS) is 10.6. The summed E-state index contributed by atoms with van der Waals surface area (Å²) in [4.78, 5) is 0. The van der Waals surface area contributed by atoms with E-state index >= 15 is 0 Å². The Morgan fingerprint density at radius 2 is 2.33 bits per heavy atom. The van der Waals surface area contributed by atoms with Gasteiger partial charge >= 0.3 is 0 Å².